The van der Waals surface area contributed by atoms with Crippen LogP contribution in [-0.2, 0) is 6.18 Å². The molecule has 166 valence electrons. The average molecular weight is 462 g/mol. The zero-order chi connectivity index (χ0) is 22.6. The Morgan fingerprint density at radius 3 is 2.36 bits per heavy atom. The van der Waals surface area contributed by atoms with Crippen LogP contribution in [0.3, 0.4) is 0 Å². The first-order valence-electron chi connectivity index (χ1n) is 11.4. The van der Waals surface area contributed by atoms with Crippen molar-refractivity contribution in [3.63, 3.8) is 0 Å². The van der Waals surface area contributed by atoms with Crippen molar-refractivity contribution in [1.29, 1.82) is 0 Å². The van der Waals surface area contributed by atoms with Crippen molar-refractivity contribution in [3.8, 4) is 11.3 Å². The summed E-state index contributed by atoms with van der Waals surface area (Å²) in [5.74, 6) is 0.516. The van der Waals surface area contributed by atoms with Crippen LogP contribution in [0, 0.1) is 0 Å². The fraction of sp³-hybridized carbons (Fsp3) is 0.250. The van der Waals surface area contributed by atoms with Gasteiger partial charge in [-0.15, -0.1) is 11.3 Å². The van der Waals surface area contributed by atoms with Crippen molar-refractivity contribution in [2.24, 2.45) is 0 Å². The Morgan fingerprint density at radius 1 is 0.788 bits per heavy atom. The summed E-state index contributed by atoms with van der Waals surface area (Å²) in [5, 5.41) is 3.91. The van der Waals surface area contributed by atoms with Crippen LogP contribution in [0.1, 0.15) is 49.1 Å². The molecule has 1 aliphatic rings. The second kappa shape index (κ2) is 7.84. The third-order valence-corrected chi connectivity index (χ3v) is 8.19. The number of pyridine rings is 1. The maximum atomic E-state index is 13.7. The molecule has 2 heterocycles. The van der Waals surface area contributed by atoms with Gasteiger partial charge in [0.15, 0.2) is 0 Å². The number of halogens is 3. The number of fused-ring (bicyclic) bond motifs is 4. The number of rotatable bonds is 2. The SMILES string of the molecule is FC(F)(F)c1cccc2c1sc1c(-c3cc(C4CCCCC4)c4ccccc4c3)nccc12. The van der Waals surface area contributed by atoms with Gasteiger partial charge in [0, 0.05) is 27.2 Å². The van der Waals surface area contributed by atoms with Crippen LogP contribution in [0.15, 0.2) is 66.9 Å². The largest absolute Gasteiger partial charge is 0.417 e. The Bertz CT molecular complexity index is 1490. The third kappa shape index (κ3) is 3.50. The van der Waals surface area contributed by atoms with Crippen molar-refractivity contribution >= 4 is 42.3 Å². The van der Waals surface area contributed by atoms with Crippen molar-refractivity contribution in [3.05, 3.63) is 78.0 Å². The Kier molecular flexibility index (Phi) is 4.91. The summed E-state index contributed by atoms with van der Waals surface area (Å²) in [7, 11) is 0. The number of alkyl halides is 3. The van der Waals surface area contributed by atoms with Gasteiger partial charge in [0.25, 0.3) is 0 Å². The zero-order valence-corrected chi connectivity index (χ0v) is 18.8. The third-order valence-electron chi connectivity index (χ3n) is 6.93. The minimum atomic E-state index is -4.38. The highest BCUT2D eigenvalue weighted by Gasteiger charge is 2.33. The van der Waals surface area contributed by atoms with E-state index >= 15 is 0 Å². The van der Waals surface area contributed by atoms with Gasteiger partial charge in [0.05, 0.1) is 16.0 Å². The normalized spacial score (nSPS) is 15.6. The molecule has 6 rings (SSSR count). The monoisotopic (exact) mass is 461 g/mol. The minimum Gasteiger partial charge on any atom is -0.255 e. The molecule has 0 bridgehead atoms. The van der Waals surface area contributed by atoms with E-state index in [0.29, 0.717) is 11.3 Å². The molecule has 1 nitrogen and oxygen atoms in total. The topological polar surface area (TPSA) is 12.9 Å². The van der Waals surface area contributed by atoms with E-state index in [2.05, 4.69) is 35.3 Å². The van der Waals surface area contributed by atoms with Gasteiger partial charge in [-0.1, -0.05) is 55.7 Å². The number of hydrogen-bond acceptors (Lipinski definition) is 2. The molecule has 5 heteroatoms. The predicted octanol–water partition coefficient (Wildman–Crippen LogP) is 9.34. The van der Waals surface area contributed by atoms with E-state index in [1.807, 2.05) is 12.1 Å². The van der Waals surface area contributed by atoms with Gasteiger partial charge in [0.2, 0.25) is 0 Å². The highest BCUT2D eigenvalue weighted by Crippen LogP contribution is 2.45. The van der Waals surface area contributed by atoms with Crippen LogP contribution in [0.2, 0.25) is 0 Å². The lowest BCUT2D eigenvalue weighted by molar-refractivity contribution is -0.136. The quantitative estimate of drug-likeness (QED) is 0.255. The summed E-state index contributed by atoms with van der Waals surface area (Å²) in [6.45, 7) is 0. The van der Waals surface area contributed by atoms with Crippen LogP contribution in [0.4, 0.5) is 13.2 Å². The number of hydrogen-bond donors (Lipinski definition) is 0. The molecule has 0 radical (unpaired) electrons. The van der Waals surface area contributed by atoms with Crippen LogP contribution >= 0.6 is 11.3 Å². The van der Waals surface area contributed by atoms with Crippen LogP contribution in [0.25, 0.3) is 42.2 Å². The molecule has 1 fully saturated rings. The van der Waals surface area contributed by atoms with E-state index in [-0.39, 0.29) is 4.70 Å². The second-order valence-corrected chi connectivity index (χ2v) is 9.96. The maximum Gasteiger partial charge on any atom is 0.417 e. The molecular formula is C28H22F3NS. The molecule has 3 aromatic carbocycles. The summed E-state index contributed by atoms with van der Waals surface area (Å²) in [5.41, 5.74) is 2.52. The van der Waals surface area contributed by atoms with Gasteiger partial charge in [-0.3, -0.25) is 4.98 Å². The van der Waals surface area contributed by atoms with E-state index in [9.17, 15) is 13.2 Å². The Labute approximate surface area is 193 Å². The smallest absolute Gasteiger partial charge is 0.255 e. The molecule has 5 aromatic rings. The van der Waals surface area contributed by atoms with Gasteiger partial charge in [-0.2, -0.15) is 13.2 Å². The first-order valence-corrected chi connectivity index (χ1v) is 12.2. The number of benzene rings is 3. The lowest BCUT2D eigenvalue weighted by Crippen LogP contribution is -2.05. The van der Waals surface area contributed by atoms with E-state index in [4.69, 9.17) is 0 Å². The number of aromatic nitrogens is 1. The Hall–Kier alpha value is -2.92. The van der Waals surface area contributed by atoms with E-state index in [1.165, 1.54) is 66.5 Å². The Balaban J connectivity index is 1.61. The summed E-state index contributed by atoms with van der Waals surface area (Å²) in [4.78, 5) is 4.69. The summed E-state index contributed by atoms with van der Waals surface area (Å²) >= 11 is 1.20. The highest BCUT2D eigenvalue weighted by atomic mass is 32.1. The average Bonchev–Trinajstić information content (AvgIpc) is 3.22. The van der Waals surface area contributed by atoms with Crippen LogP contribution in [-0.4, -0.2) is 4.98 Å². The van der Waals surface area contributed by atoms with Crippen molar-refractivity contribution in [1.82, 2.24) is 4.98 Å². The molecule has 1 saturated carbocycles. The van der Waals surface area contributed by atoms with Gasteiger partial charge in [-0.05, 0) is 59.4 Å². The first kappa shape index (κ1) is 20.7. The summed E-state index contributed by atoms with van der Waals surface area (Å²) in [6.07, 6.45) is 3.48. The molecule has 0 spiro atoms. The fourth-order valence-electron chi connectivity index (χ4n) is 5.38. The minimum absolute atomic E-state index is 0.280. The maximum absolute atomic E-state index is 13.7. The summed E-state index contributed by atoms with van der Waals surface area (Å²) < 4.78 is 42.2. The molecule has 0 atom stereocenters. The van der Waals surface area contributed by atoms with E-state index in [0.717, 1.165) is 26.7 Å². The van der Waals surface area contributed by atoms with Crippen molar-refractivity contribution < 1.29 is 13.2 Å². The number of thiophene rings is 1. The molecular weight excluding hydrogens is 439 g/mol. The van der Waals surface area contributed by atoms with Gasteiger partial charge in [-0.25, -0.2) is 0 Å². The molecule has 0 N–H and O–H groups in total. The van der Waals surface area contributed by atoms with Crippen LogP contribution in [0.5, 0.6) is 0 Å². The fourth-order valence-corrected chi connectivity index (χ4v) is 6.72. The van der Waals surface area contributed by atoms with Gasteiger partial charge >= 0.3 is 6.18 Å². The van der Waals surface area contributed by atoms with Crippen molar-refractivity contribution in [2.45, 2.75) is 44.2 Å². The van der Waals surface area contributed by atoms with E-state index < -0.39 is 11.7 Å². The molecule has 0 aliphatic heterocycles. The number of nitrogens with zero attached hydrogens (tertiary/aromatic N) is 1. The van der Waals surface area contributed by atoms with E-state index in [1.54, 1.807) is 12.3 Å². The van der Waals surface area contributed by atoms with Gasteiger partial charge in [0.1, 0.15) is 0 Å². The first-order chi connectivity index (χ1) is 16.0. The predicted molar refractivity (Wildman–Crippen MR) is 131 cm³/mol. The summed E-state index contributed by atoms with van der Waals surface area (Å²) in [6, 6.07) is 19.1. The molecule has 2 aromatic heterocycles. The molecule has 0 unspecified atom stereocenters. The lowest BCUT2D eigenvalue weighted by atomic mass is 9.81. The van der Waals surface area contributed by atoms with Gasteiger partial charge < -0.3 is 0 Å². The van der Waals surface area contributed by atoms with Crippen molar-refractivity contribution in [2.75, 3.05) is 0 Å². The molecule has 0 amide bonds. The van der Waals surface area contributed by atoms with Crippen LogP contribution < -0.4 is 0 Å². The zero-order valence-electron chi connectivity index (χ0n) is 18.0. The molecule has 1 aliphatic carbocycles. The molecule has 0 saturated heterocycles. The Morgan fingerprint density at radius 2 is 1.55 bits per heavy atom. The molecule has 33 heavy (non-hydrogen) atoms. The highest BCUT2D eigenvalue weighted by molar-refractivity contribution is 7.26. The lowest BCUT2D eigenvalue weighted by Gasteiger charge is -2.24. The standard InChI is InChI=1S/C28H22F3NS/c29-28(30,31)24-12-6-11-21-22-13-14-32-25(27(22)33-26(21)24)19-15-18-9-4-5-10-20(18)23(16-19)17-7-2-1-3-8-17/h4-6,9-17H,1-3,7-8H2. The second-order valence-electron chi connectivity index (χ2n) is 8.94.